The summed E-state index contributed by atoms with van der Waals surface area (Å²) in [6, 6.07) is 11.9. The Morgan fingerprint density at radius 2 is 1.86 bits per heavy atom. The van der Waals surface area contributed by atoms with Gasteiger partial charge in [-0.2, -0.15) is 5.10 Å². The Hall–Kier alpha value is -3.59. The van der Waals surface area contributed by atoms with Crippen molar-refractivity contribution in [3.8, 4) is 0 Å². The highest BCUT2D eigenvalue weighted by Gasteiger charge is 2.14. The third-order valence-electron chi connectivity index (χ3n) is 4.74. The van der Waals surface area contributed by atoms with Gasteiger partial charge in [-0.25, -0.2) is 4.98 Å². The van der Waals surface area contributed by atoms with E-state index in [1.165, 1.54) is 11.9 Å². The van der Waals surface area contributed by atoms with E-state index in [1.54, 1.807) is 17.9 Å². The van der Waals surface area contributed by atoms with Gasteiger partial charge in [0.15, 0.2) is 0 Å². The number of primary amides is 1. The zero-order valence-corrected chi connectivity index (χ0v) is 16.1. The van der Waals surface area contributed by atoms with Crippen LogP contribution < -0.4 is 21.3 Å². The standard InChI is InChI=1S/C20H23N7O2/c1-26-20(17(13-23-26)19(21)28)25-15-6-7-22-18(12-15)24-14-2-4-16(5-3-14)27-8-10-29-11-9-27/h2-7,12-13H,8-11H2,1H3,(H2,21,28)(H2,22,24,25). The van der Waals surface area contributed by atoms with Crippen LogP contribution in [0, 0.1) is 0 Å². The van der Waals surface area contributed by atoms with Gasteiger partial charge < -0.3 is 26.0 Å². The molecule has 0 aliphatic carbocycles. The molecule has 29 heavy (non-hydrogen) atoms. The first-order valence-corrected chi connectivity index (χ1v) is 9.35. The van der Waals surface area contributed by atoms with Gasteiger partial charge in [-0.15, -0.1) is 0 Å². The number of nitrogens with one attached hydrogen (secondary N) is 2. The van der Waals surface area contributed by atoms with E-state index < -0.39 is 5.91 Å². The number of anilines is 5. The lowest BCUT2D eigenvalue weighted by molar-refractivity contribution is 0.100. The maximum atomic E-state index is 11.6. The van der Waals surface area contributed by atoms with E-state index in [9.17, 15) is 4.79 Å². The number of rotatable bonds is 6. The van der Waals surface area contributed by atoms with Gasteiger partial charge in [0.1, 0.15) is 17.2 Å². The summed E-state index contributed by atoms with van der Waals surface area (Å²) in [5, 5.41) is 10.6. The molecule has 1 aromatic carbocycles. The molecule has 4 N–H and O–H groups in total. The van der Waals surface area contributed by atoms with Gasteiger partial charge in [0.2, 0.25) is 0 Å². The summed E-state index contributed by atoms with van der Waals surface area (Å²) in [7, 11) is 1.74. The quantitative estimate of drug-likeness (QED) is 0.589. The van der Waals surface area contributed by atoms with Crippen molar-refractivity contribution in [3.63, 3.8) is 0 Å². The number of nitrogens with two attached hydrogens (primary N) is 1. The molecule has 4 rings (SSSR count). The number of nitrogens with zero attached hydrogens (tertiary/aromatic N) is 4. The van der Waals surface area contributed by atoms with Gasteiger partial charge in [0, 0.05) is 49.5 Å². The number of morpholine rings is 1. The number of pyridine rings is 1. The fourth-order valence-electron chi connectivity index (χ4n) is 3.20. The molecule has 0 atom stereocenters. The second kappa shape index (κ2) is 8.19. The number of amides is 1. The molecule has 9 nitrogen and oxygen atoms in total. The zero-order chi connectivity index (χ0) is 20.2. The van der Waals surface area contributed by atoms with Crippen molar-refractivity contribution in [2.75, 3.05) is 41.8 Å². The molecule has 0 spiro atoms. The number of aromatic nitrogens is 3. The Kier molecular flexibility index (Phi) is 5.30. The van der Waals surface area contributed by atoms with E-state index in [0.717, 1.165) is 37.7 Å². The van der Waals surface area contributed by atoms with Crippen molar-refractivity contribution >= 4 is 34.6 Å². The van der Waals surface area contributed by atoms with E-state index in [1.807, 2.05) is 24.3 Å². The summed E-state index contributed by atoms with van der Waals surface area (Å²) < 4.78 is 6.97. The van der Waals surface area contributed by atoms with E-state index in [0.29, 0.717) is 17.2 Å². The average Bonchev–Trinajstić information content (AvgIpc) is 3.10. The number of carbonyl (C=O) groups is 1. The second-order valence-electron chi connectivity index (χ2n) is 6.72. The molecule has 2 aromatic heterocycles. The first-order chi connectivity index (χ1) is 14.1. The fraction of sp³-hybridized carbons (Fsp3) is 0.250. The topological polar surface area (TPSA) is 110 Å². The lowest BCUT2D eigenvalue weighted by atomic mass is 10.2. The maximum absolute atomic E-state index is 11.6. The van der Waals surface area contributed by atoms with Crippen molar-refractivity contribution in [1.29, 1.82) is 0 Å². The van der Waals surface area contributed by atoms with Crippen LogP contribution in [0.1, 0.15) is 10.4 Å². The van der Waals surface area contributed by atoms with Gasteiger partial charge in [-0.05, 0) is 30.3 Å². The predicted octanol–water partition coefficient (Wildman–Crippen LogP) is 2.24. The van der Waals surface area contributed by atoms with Crippen LogP contribution in [0.4, 0.5) is 28.7 Å². The molecule has 0 radical (unpaired) electrons. The van der Waals surface area contributed by atoms with E-state index in [-0.39, 0.29) is 0 Å². The Morgan fingerprint density at radius 1 is 1.10 bits per heavy atom. The number of ether oxygens (including phenoxy) is 1. The molecule has 3 aromatic rings. The van der Waals surface area contributed by atoms with Crippen molar-refractivity contribution < 1.29 is 9.53 Å². The second-order valence-corrected chi connectivity index (χ2v) is 6.72. The summed E-state index contributed by atoms with van der Waals surface area (Å²) in [4.78, 5) is 18.2. The third-order valence-corrected chi connectivity index (χ3v) is 4.74. The minimum Gasteiger partial charge on any atom is -0.378 e. The lowest BCUT2D eigenvalue weighted by Crippen LogP contribution is -2.36. The van der Waals surface area contributed by atoms with Crippen LogP contribution in [0.15, 0.2) is 48.8 Å². The number of aryl methyl sites for hydroxylation is 1. The number of carbonyl (C=O) groups excluding carboxylic acids is 1. The third kappa shape index (κ3) is 4.30. The molecule has 1 aliphatic rings. The summed E-state index contributed by atoms with van der Waals surface area (Å²) in [6.07, 6.45) is 3.13. The van der Waals surface area contributed by atoms with Crippen LogP contribution >= 0.6 is 0 Å². The highest BCUT2D eigenvalue weighted by Crippen LogP contribution is 2.24. The van der Waals surface area contributed by atoms with Crippen LogP contribution in [-0.4, -0.2) is 47.0 Å². The molecule has 3 heterocycles. The highest BCUT2D eigenvalue weighted by molar-refractivity contribution is 5.98. The average molecular weight is 393 g/mol. The largest absolute Gasteiger partial charge is 0.378 e. The predicted molar refractivity (Wildman–Crippen MR) is 112 cm³/mol. The Morgan fingerprint density at radius 3 is 2.59 bits per heavy atom. The van der Waals surface area contributed by atoms with Crippen LogP contribution in [0.2, 0.25) is 0 Å². The van der Waals surface area contributed by atoms with E-state index >= 15 is 0 Å². The Labute approximate surface area is 168 Å². The van der Waals surface area contributed by atoms with Gasteiger partial charge in [-0.1, -0.05) is 0 Å². The summed E-state index contributed by atoms with van der Waals surface area (Å²) in [5.74, 6) is 0.676. The van der Waals surface area contributed by atoms with Crippen LogP contribution in [0.3, 0.4) is 0 Å². The summed E-state index contributed by atoms with van der Waals surface area (Å²) in [5.41, 5.74) is 8.62. The highest BCUT2D eigenvalue weighted by atomic mass is 16.5. The fourth-order valence-corrected chi connectivity index (χ4v) is 3.20. The SMILES string of the molecule is Cn1ncc(C(N)=O)c1Nc1ccnc(Nc2ccc(N3CCOCC3)cc2)c1. The maximum Gasteiger partial charge on any atom is 0.254 e. The van der Waals surface area contributed by atoms with Gasteiger partial charge >= 0.3 is 0 Å². The van der Waals surface area contributed by atoms with Crippen LogP contribution in [0.5, 0.6) is 0 Å². The number of hydrogen-bond acceptors (Lipinski definition) is 7. The number of hydrogen-bond donors (Lipinski definition) is 3. The van der Waals surface area contributed by atoms with Crippen LogP contribution in [0.25, 0.3) is 0 Å². The molecular weight excluding hydrogens is 370 g/mol. The molecule has 1 aliphatic heterocycles. The van der Waals surface area contributed by atoms with Crippen molar-refractivity contribution in [1.82, 2.24) is 14.8 Å². The molecule has 0 saturated carbocycles. The molecule has 1 saturated heterocycles. The minimum absolute atomic E-state index is 0.331. The van der Waals surface area contributed by atoms with E-state index in [2.05, 4.69) is 37.7 Å². The van der Waals surface area contributed by atoms with Gasteiger partial charge in [-0.3, -0.25) is 9.48 Å². The van der Waals surface area contributed by atoms with Gasteiger partial charge in [0.25, 0.3) is 5.91 Å². The first-order valence-electron chi connectivity index (χ1n) is 9.35. The molecule has 150 valence electrons. The number of benzene rings is 1. The zero-order valence-electron chi connectivity index (χ0n) is 16.1. The normalized spacial score (nSPS) is 13.9. The van der Waals surface area contributed by atoms with Crippen molar-refractivity contribution in [3.05, 3.63) is 54.4 Å². The smallest absolute Gasteiger partial charge is 0.254 e. The van der Waals surface area contributed by atoms with Gasteiger partial charge in [0.05, 0.1) is 19.4 Å². The van der Waals surface area contributed by atoms with Crippen molar-refractivity contribution in [2.24, 2.45) is 12.8 Å². The van der Waals surface area contributed by atoms with Crippen LogP contribution in [-0.2, 0) is 11.8 Å². The molecule has 1 fully saturated rings. The lowest BCUT2D eigenvalue weighted by Gasteiger charge is -2.28. The molecule has 0 unspecified atom stereocenters. The summed E-state index contributed by atoms with van der Waals surface area (Å²) >= 11 is 0. The molecule has 1 amide bonds. The van der Waals surface area contributed by atoms with Crippen molar-refractivity contribution in [2.45, 2.75) is 0 Å². The monoisotopic (exact) mass is 393 g/mol. The summed E-state index contributed by atoms with van der Waals surface area (Å²) in [6.45, 7) is 3.34. The molecule has 9 heteroatoms. The molecule has 0 bridgehead atoms. The minimum atomic E-state index is -0.534. The first kappa shape index (κ1) is 18.8. The van der Waals surface area contributed by atoms with E-state index in [4.69, 9.17) is 10.5 Å². The molecular formula is C20H23N7O2. The Bertz CT molecular complexity index is 994. The Balaban J connectivity index is 1.46.